The van der Waals surface area contributed by atoms with Crippen LogP contribution in [0.25, 0.3) is 12.2 Å². The number of carbonyl (C=O) groups is 1. The molecule has 0 atom stereocenters. The molecule has 1 aliphatic rings. The predicted molar refractivity (Wildman–Crippen MR) is 151 cm³/mol. The number of nitrogens with zero attached hydrogens (tertiary/aromatic N) is 3. The number of aryl methyl sites for hydroxylation is 2. The Morgan fingerprint density at radius 1 is 1.13 bits per heavy atom. The third-order valence-electron chi connectivity index (χ3n) is 7.17. The van der Waals surface area contributed by atoms with Crippen molar-refractivity contribution in [3.05, 3.63) is 70.9 Å². The Hall–Kier alpha value is -3.50. The van der Waals surface area contributed by atoms with E-state index in [1.807, 2.05) is 19.1 Å². The largest absolute Gasteiger partial charge is 0.372 e. The maximum absolute atomic E-state index is 14.0. The van der Waals surface area contributed by atoms with Gasteiger partial charge >= 0.3 is 0 Å². The summed E-state index contributed by atoms with van der Waals surface area (Å²) in [5, 5.41) is 6.87. The maximum atomic E-state index is 14.0. The van der Waals surface area contributed by atoms with Gasteiger partial charge in [-0.05, 0) is 82.5 Å². The molecule has 2 heterocycles. The highest BCUT2D eigenvalue weighted by molar-refractivity contribution is 7.89. The molecular formula is C29H35FN4O4S. The summed E-state index contributed by atoms with van der Waals surface area (Å²) in [6.07, 6.45) is 3.67. The number of amides is 1. The molecule has 0 radical (unpaired) electrons. The normalized spacial score (nSPS) is 15.1. The Morgan fingerprint density at radius 2 is 1.82 bits per heavy atom. The molecule has 1 N–H and O–H groups in total. The Kier molecular flexibility index (Phi) is 8.87. The van der Waals surface area contributed by atoms with Crippen molar-refractivity contribution >= 4 is 39.5 Å². The van der Waals surface area contributed by atoms with Gasteiger partial charge < -0.3 is 14.7 Å². The van der Waals surface area contributed by atoms with Gasteiger partial charge in [0.1, 0.15) is 11.5 Å². The van der Waals surface area contributed by atoms with Crippen LogP contribution in [-0.2, 0) is 14.8 Å². The zero-order valence-electron chi connectivity index (χ0n) is 22.8. The van der Waals surface area contributed by atoms with Crippen LogP contribution in [0.2, 0.25) is 0 Å². The lowest BCUT2D eigenvalue weighted by atomic mass is 9.97. The first kappa shape index (κ1) is 28.5. The third kappa shape index (κ3) is 6.23. The Balaban J connectivity index is 1.42. The van der Waals surface area contributed by atoms with Crippen LogP contribution in [0.5, 0.6) is 0 Å². The van der Waals surface area contributed by atoms with E-state index in [-0.39, 0.29) is 41.3 Å². The predicted octanol–water partition coefficient (Wildman–Crippen LogP) is 5.49. The standard InChI is InChI=1S/C29H35FN4O4S/c1-5-33(6-2)24-12-13-26(20(3)19-24)31-29(35)23-15-17-34(18-16-23)39(36,37)28-21(4)32-38-27(28)14-11-22-9-7-8-10-25(22)30/h7-14,19,23H,5-6,15-18H2,1-4H3,(H,31,35)/b14-11+. The number of rotatable bonds is 9. The molecule has 0 unspecified atom stereocenters. The second-order valence-electron chi connectivity index (χ2n) is 9.66. The molecule has 0 aliphatic carbocycles. The van der Waals surface area contributed by atoms with Crippen LogP contribution in [0, 0.1) is 25.6 Å². The van der Waals surface area contributed by atoms with E-state index in [2.05, 4.69) is 35.3 Å². The molecule has 8 nitrogen and oxygen atoms in total. The molecule has 1 amide bonds. The van der Waals surface area contributed by atoms with E-state index in [0.717, 1.165) is 30.0 Å². The first-order chi connectivity index (χ1) is 18.6. The second kappa shape index (κ2) is 12.1. The van der Waals surface area contributed by atoms with Crippen LogP contribution in [0.1, 0.15) is 49.3 Å². The summed E-state index contributed by atoms with van der Waals surface area (Å²) in [7, 11) is -3.93. The lowest BCUT2D eigenvalue weighted by Crippen LogP contribution is -2.41. The molecule has 39 heavy (non-hydrogen) atoms. The number of halogens is 1. The zero-order valence-corrected chi connectivity index (χ0v) is 23.6. The molecule has 208 valence electrons. The Bertz CT molecular complexity index is 1460. The van der Waals surface area contributed by atoms with Gasteiger partial charge in [0.15, 0.2) is 10.7 Å². The van der Waals surface area contributed by atoms with Crippen molar-refractivity contribution in [1.82, 2.24) is 9.46 Å². The van der Waals surface area contributed by atoms with Crippen LogP contribution >= 0.6 is 0 Å². The van der Waals surface area contributed by atoms with Crippen LogP contribution in [0.15, 0.2) is 51.9 Å². The van der Waals surface area contributed by atoms with Gasteiger partial charge in [-0.25, -0.2) is 12.8 Å². The molecule has 1 fully saturated rings. The van der Waals surface area contributed by atoms with Gasteiger partial charge in [-0.15, -0.1) is 0 Å². The van der Waals surface area contributed by atoms with Gasteiger partial charge in [0.2, 0.25) is 15.9 Å². The average Bonchev–Trinajstić information content (AvgIpc) is 3.31. The SMILES string of the molecule is CCN(CC)c1ccc(NC(=O)C2CCN(S(=O)(=O)c3c(C)noc3/C=C/c3ccccc3F)CC2)c(C)c1. The first-order valence-electron chi connectivity index (χ1n) is 13.2. The number of anilines is 2. The van der Waals surface area contributed by atoms with E-state index in [9.17, 15) is 17.6 Å². The Morgan fingerprint density at radius 3 is 2.46 bits per heavy atom. The van der Waals surface area contributed by atoms with E-state index in [4.69, 9.17) is 4.52 Å². The smallest absolute Gasteiger partial charge is 0.248 e. The molecule has 1 aliphatic heterocycles. The van der Waals surface area contributed by atoms with Crippen LogP contribution in [0.4, 0.5) is 15.8 Å². The number of benzene rings is 2. The number of hydrogen-bond acceptors (Lipinski definition) is 6. The fourth-order valence-corrected chi connectivity index (χ4v) is 6.59. The second-order valence-corrected chi connectivity index (χ2v) is 11.5. The summed E-state index contributed by atoms with van der Waals surface area (Å²) in [5.74, 6) is -0.799. The minimum Gasteiger partial charge on any atom is -0.372 e. The van der Waals surface area contributed by atoms with Crippen molar-refractivity contribution in [3.8, 4) is 0 Å². The van der Waals surface area contributed by atoms with E-state index in [0.29, 0.717) is 18.4 Å². The number of aromatic nitrogens is 1. The van der Waals surface area contributed by atoms with Crippen molar-refractivity contribution in [3.63, 3.8) is 0 Å². The van der Waals surface area contributed by atoms with Gasteiger partial charge in [-0.2, -0.15) is 4.31 Å². The highest BCUT2D eigenvalue weighted by Gasteiger charge is 2.36. The lowest BCUT2D eigenvalue weighted by Gasteiger charge is -2.30. The highest BCUT2D eigenvalue weighted by Crippen LogP contribution is 2.30. The third-order valence-corrected chi connectivity index (χ3v) is 9.23. The zero-order chi connectivity index (χ0) is 28.2. The summed E-state index contributed by atoms with van der Waals surface area (Å²) in [6, 6.07) is 12.2. The quantitative estimate of drug-likeness (QED) is 0.376. The lowest BCUT2D eigenvalue weighted by molar-refractivity contribution is -0.120. The molecule has 4 rings (SSSR count). The van der Waals surface area contributed by atoms with Crippen LogP contribution in [0.3, 0.4) is 0 Å². The summed E-state index contributed by atoms with van der Waals surface area (Å²) in [6.45, 7) is 9.94. The van der Waals surface area contributed by atoms with E-state index >= 15 is 0 Å². The van der Waals surface area contributed by atoms with Crippen molar-refractivity contribution in [2.45, 2.75) is 45.4 Å². The molecule has 1 saturated heterocycles. The molecule has 0 saturated carbocycles. The average molecular weight is 555 g/mol. The van der Waals surface area contributed by atoms with Gasteiger partial charge in [0.25, 0.3) is 0 Å². The summed E-state index contributed by atoms with van der Waals surface area (Å²) in [4.78, 5) is 15.2. The van der Waals surface area contributed by atoms with Gasteiger partial charge in [0.05, 0.1) is 0 Å². The van der Waals surface area contributed by atoms with Crippen LogP contribution < -0.4 is 10.2 Å². The topological polar surface area (TPSA) is 95.8 Å². The molecule has 0 spiro atoms. The minimum atomic E-state index is -3.93. The number of piperidine rings is 1. The molecule has 3 aromatic rings. The summed E-state index contributed by atoms with van der Waals surface area (Å²) >= 11 is 0. The first-order valence-corrected chi connectivity index (χ1v) is 14.6. The Labute approximate surface area is 229 Å². The number of hydrogen-bond donors (Lipinski definition) is 1. The molecule has 0 bridgehead atoms. The number of sulfonamides is 1. The highest BCUT2D eigenvalue weighted by atomic mass is 32.2. The minimum absolute atomic E-state index is 0.0399. The molecule has 2 aromatic carbocycles. The van der Waals surface area contributed by atoms with Gasteiger partial charge in [0, 0.05) is 49.0 Å². The maximum Gasteiger partial charge on any atom is 0.248 e. The number of carbonyl (C=O) groups excluding carboxylic acids is 1. The molecule has 10 heteroatoms. The monoisotopic (exact) mass is 554 g/mol. The van der Waals surface area contributed by atoms with Crippen molar-refractivity contribution in [1.29, 1.82) is 0 Å². The number of nitrogens with one attached hydrogen (secondary N) is 1. The van der Waals surface area contributed by atoms with Gasteiger partial charge in [-0.3, -0.25) is 4.79 Å². The fourth-order valence-electron chi connectivity index (χ4n) is 4.87. The van der Waals surface area contributed by atoms with Crippen molar-refractivity contribution in [2.75, 3.05) is 36.4 Å². The fraction of sp³-hybridized carbons (Fsp3) is 0.379. The van der Waals surface area contributed by atoms with E-state index < -0.39 is 15.8 Å². The summed E-state index contributed by atoms with van der Waals surface area (Å²) in [5.41, 5.74) is 3.39. The van der Waals surface area contributed by atoms with E-state index in [1.165, 1.54) is 22.5 Å². The molecule has 1 aromatic heterocycles. The van der Waals surface area contributed by atoms with Gasteiger partial charge in [-0.1, -0.05) is 23.4 Å². The molecular weight excluding hydrogens is 519 g/mol. The van der Waals surface area contributed by atoms with E-state index in [1.54, 1.807) is 25.1 Å². The van der Waals surface area contributed by atoms with Crippen molar-refractivity contribution < 1.29 is 22.1 Å². The van der Waals surface area contributed by atoms with Crippen molar-refractivity contribution in [2.24, 2.45) is 5.92 Å². The summed E-state index contributed by atoms with van der Waals surface area (Å²) < 4.78 is 47.7. The van der Waals surface area contributed by atoms with Crippen LogP contribution in [-0.4, -0.2) is 50.0 Å².